The van der Waals surface area contributed by atoms with E-state index in [0.717, 1.165) is 104 Å². The van der Waals surface area contributed by atoms with E-state index in [1.807, 2.05) is 20.8 Å². The second-order valence-corrected chi connectivity index (χ2v) is 25.1. The van der Waals surface area contributed by atoms with Crippen LogP contribution in [0.4, 0.5) is 4.79 Å². The van der Waals surface area contributed by atoms with Gasteiger partial charge in [-0.2, -0.15) is 0 Å². The molecule has 18 atom stereocenters. The van der Waals surface area contributed by atoms with Gasteiger partial charge in [0.15, 0.2) is 0 Å². The Balaban J connectivity index is 0.000000229. The number of halogens is 2. The van der Waals surface area contributed by atoms with Crippen molar-refractivity contribution in [2.75, 3.05) is 13.1 Å². The third-order valence-electron chi connectivity index (χ3n) is 21.2. The Hall–Kier alpha value is -0.270. The van der Waals surface area contributed by atoms with Crippen molar-refractivity contribution in [2.45, 2.75) is 221 Å². The molecule has 1 amide bonds. The van der Waals surface area contributed by atoms with Crippen molar-refractivity contribution in [3.05, 3.63) is 0 Å². The minimum atomic E-state index is -0.433. The number of fused-ring (bicyclic) bond motifs is 10. The zero-order valence-corrected chi connectivity index (χ0v) is 42.2. The first-order chi connectivity index (χ1) is 27.8. The number of ether oxygens (including phenoxy) is 1. The Bertz CT molecular complexity index is 1430. The highest BCUT2D eigenvalue weighted by Crippen LogP contribution is 2.70. The first-order valence-corrected chi connectivity index (χ1v) is 26.0. The van der Waals surface area contributed by atoms with Crippen molar-refractivity contribution in [1.82, 2.24) is 5.32 Å². The maximum atomic E-state index is 11.9. The van der Waals surface area contributed by atoms with Gasteiger partial charge in [-0.3, -0.25) is 0 Å². The summed E-state index contributed by atoms with van der Waals surface area (Å²) in [6.45, 7) is 23.1. The monoisotopic (exact) mass is 894 g/mol. The van der Waals surface area contributed by atoms with Gasteiger partial charge in [0.2, 0.25) is 0 Å². The minimum Gasteiger partial charge on any atom is -1.00 e. The molecule has 6 N–H and O–H groups in total. The molecule has 0 saturated heterocycles. The van der Waals surface area contributed by atoms with Crippen LogP contribution >= 0.6 is 0 Å². The van der Waals surface area contributed by atoms with Crippen LogP contribution in [0.3, 0.4) is 0 Å². The number of amides is 1. The Morgan fingerprint density at radius 2 is 1.03 bits per heavy atom. The number of aliphatic hydroxyl groups is 2. The van der Waals surface area contributed by atoms with Gasteiger partial charge >= 0.3 is 6.09 Å². The Morgan fingerprint density at radius 1 is 0.623 bits per heavy atom. The molecule has 356 valence electrons. The van der Waals surface area contributed by atoms with Crippen LogP contribution in [0.1, 0.15) is 204 Å². The summed E-state index contributed by atoms with van der Waals surface area (Å²) in [5.74, 6) is 10.5. The lowest BCUT2D eigenvalue weighted by Gasteiger charge is -2.61. The fourth-order valence-corrected chi connectivity index (χ4v) is 18.2. The largest absolute Gasteiger partial charge is 1.00 e. The zero-order valence-electron chi connectivity index (χ0n) is 40.7. The number of aliphatic hydroxyl groups excluding tert-OH is 2. The number of carbonyl (C=O) groups excluding carboxylic acids is 1. The average molecular weight is 895 g/mol. The van der Waals surface area contributed by atoms with E-state index in [4.69, 9.17) is 4.74 Å². The van der Waals surface area contributed by atoms with Crippen molar-refractivity contribution in [1.29, 1.82) is 0 Å². The highest BCUT2D eigenvalue weighted by atomic mass is 35.5. The van der Waals surface area contributed by atoms with Crippen LogP contribution in [0.25, 0.3) is 0 Å². The zero-order chi connectivity index (χ0) is 42.5. The minimum absolute atomic E-state index is 0. The summed E-state index contributed by atoms with van der Waals surface area (Å²) in [6, 6.07) is 0. The Labute approximate surface area is 387 Å². The first kappa shape index (κ1) is 51.7. The molecule has 0 aromatic carbocycles. The SMILES string of the molecule is CC(CCCNC(=O)OC(C)(C)C)[C@H]1CC[C@H]2[C@@H]3CC[C@H]4C[C@@H](O)CC[C@]4(C)[C@H]3CC[C@]12C.CC(CCC[NH3+])[C@H]1CC[C@H]2[C@@H]3CC[C@H]4C[C@@H](O)CC[C@]4(C)[C@H]3CC[C@]12C.[Cl-].[Cl-]. The van der Waals surface area contributed by atoms with E-state index < -0.39 is 5.60 Å². The molecule has 0 aromatic rings. The molecular weight excluding hydrogens is 799 g/mol. The van der Waals surface area contributed by atoms with Crippen molar-refractivity contribution >= 4 is 6.09 Å². The summed E-state index contributed by atoms with van der Waals surface area (Å²) in [6.07, 6.45) is 28.5. The highest BCUT2D eigenvalue weighted by Gasteiger charge is 2.62. The van der Waals surface area contributed by atoms with Crippen LogP contribution in [-0.2, 0) is 4.74 Å². The second kappa shape index (κ2) is 20.3. The maximum Gasteiger partial charge on any atom is 0.407 e. The van der Waals surface area contributed by atoms with E-state index in [1.165, 1.54) is 109 Å². The molecule has 0 bridgehead atoms. The second-order valence-electron chi connectivity index (χ2n) is 25.1. The van der Waals surface area contributed by atoms with Crippen LogP contribution in [0.2, 0.25) is 0 Å². The lowest BCUT2D eigenvalue weighted by atomic mass is 9.44. The number of nitrogens with one attached hydrogen (secondary N) is 1. The van der Waals surface area contributed by atoms with Gasteiger partial charge in [-0.1, -0.05) is 41.5 Å². The molecule has 0 aromatic heterocycles. The van der Waals surface area contributed by atoms with Gasteiger partial charge in [0.25, 0.3) is 0 Å². The third-order valence-corrected chi connectivity index (χ3v) is 21.2. The van der Waals surface area contributed by atoms with Gasteiger partial charge in [-0.25, -0.2) is 4.79 Å². The normalized spacial score (nSPS) is 45.8. The predicted molar refractivity (Wildman–Crippen MR) is 241 cm³/mol. The molecule has 8 saturated carbocycles. The molecule has 2 unspecified atom stereocenters. The fraction of sp³-hybridized carbons (Fsp3) is 0.981. The lowest BCUT2D eigenvalue weighted by Crippen LogP contribution is -3.00. The molecule has 0 radical (unpaired) electrons. The summed E-state index contributed by atoms with van der Waals surface area (Å²) in [7, 11) is 0. The number of quaternary nitrogens is 1. The molecule has 8 heteroatoms. The summed E-state index contributed by atoms with van der Waals surface area (Å²) < 4.78 is 5.37. The van der Waals surface area contributed by atoms with Crippen molar-refractivity contribution in [3.8, 4) is 0 Å². The average Bonchev–Trinajstić information content (AvgIpc) is 3.72. The molecule has 0 heterocycles. The molecule has 8 aliphatic rings. The molecule has 6 nitrogen and oxygen atoms in total. The quantitative estimate of drug-likeness (QED) is 0.226. The highest BCUT2D eigenvalue weighted by molar-refractivity contribution is 5.67. The van der Waals surface area contributed by atoms with E-state index in [9.17, 15) is 15.0 Å². The van der Waals surface area contributed by atoms with E-state index in [0.29, 0.717) is 34.1 Å². The predicted octanol–water partition coefficient (Wildman–Crippen LogP) is 5.62. The molecule has 0 spiro atoms. The van der Waals surface area contributed by atoms with Crippen LogP contribution in [0.15, 0.2) is 0 Å². The topological polar surface area (TPSA) is 106 Å². The van der Waals surface area contributed by atoms with Gasteiger partial charge in [0.05, 0.1) is 18.8 Å². The number of alkyl carbamates (subject to hydrolysis) is 1. The lowest BCUT2D eigenvalue weighted by molar-refractivity contribution is -0.368. The number of hydrogen-bond acceptors (Lipinski definition) is 4. The molecule has 0 aliphatic heterocycles. The van der Waals surface area contributed by atoms with E-state index in [1.54, 1.807) is 0 Å². The van der Waals surface area contributed by atoms with Crippen LogP contribution in [0, 0.1) is 92.7 Å². The van der Waals surface area contributed by atoms with E-state index in [2.05, 4.69) is 52.6 Å². The van der Waals surface area contributed by atoms with Crippen molar-refractivity contribution < 1.29 is 50.3 Å². The van der Waals surface area contributed by atoms with Crippen LogP contribution < -0.4 is 35.9 Å². The number of carbonyl (C=O) groups is 1. The Kier molecular flexibility index (Phi) is 17.2. The first-order valence-electron chi connectivity index (χ1n) is 26.0. The van der Waals surface area contributed by atoms with Gasteiger partial charge in [0.1, 0.15) is 5.60 Å². The number of rotatable bonds is 9. The van der Waals surface area contributed by atoms with Gasteiger partial charge in [-0.05, 0) is 255 Å². The van der Waals surface area contributed by atoms with Crippen LogP contribution in [0.5, 0.6) is 0 Å². The third kappa shape index (κ3) is 10.2. The summed E-state index contributed by atoms with van der Waals surface area (Å²) in [5.41, 5.74) is 5.75. The van der Waals surface area contributed by atoms with Crippen molar-refractivity contribution in [3.63, 3.8) is 0 Å². The fourth-order valence-electron chi connectivity index (χ4n) is 18.2. The van der Waals surface area contributed by atoms with Crippen LogP contribution in [-0.4, -0.2) is 47.2 Å². The number of hydrogen-bond donors (Lipinski definition) is 4. The smallest absolute Gasteiger partial charge is 0.407 e. The van der Waals surface area contributed by atoms with Gasteiger partial charge in [-0.15, -0.1) is 0 Å². The maximum absolute atomic E-state index is 11.9. The van der Waals surface area contributed by atoms with Gasteiger partial charge < -0.3 is 50.8 Å². The molecule has 61 heavy (non-hydrogen) atoms. The summed E-state index contributed by atoms with van der Waals surface area (Å²) in [4.78, 5) is 11.9. The molecule has 8 aliphatic carbocycles. The van der Waals surface area contributed by atoms with Crippen molar-refractivity contribution in [2.24, 2.45) is 92.7 Å². The molecular formula is C53H95Cl2N2O4-. The van der Waals surface area contributed by atoms with Gasteiger partial charge in [0, 0.05) is 6.54 Å². The molecule has 8 rings (SSSR count). The van der Waals surface area contributed by atoms with E-state index in [-0.39, 0.29) is 43.1 Å². The standard InChI is InChI=1S/C29H51NO3.C24H43NO.2ClH/c1-19(8-7-17-30-26(32)33-27(2,3)4)23-11-12-24-22-10-9-20-18-21(31)13-15-28(20,5)25(22)14-16-29(23,24)6;1-16(5-4-14-25)20-8-9-21-19-7-6-17-15-18(26)10-12-23(17,2)22(19)11-13-24(20,21)3;;/h19-25,31H,7-18H2,1-6H3,(H,30,32);16-22,26H,4-15,25H2,1-3H3;2*1H/p-1/t19?,20-,21-,22-,23+,24-,25-,28-,29+;16?,17-,18-,19-,20+,21-,22-,23-,24+;;/m00../s1. The Morgan fingerprint density at radius 3 is 1.46 bits per heavy atom. The summed E-state index contributed by atoms with van der Waals surface area (Å²) >= 11 is 0. The van der Waals surface area contributed by atoms with E-state index >= 15 is 0 Å². The molecule has 8 fully saturated rings. The summed E-state index contributed by atoms with van der Waals surface area (Å²) in [5, 5.41) is 23.4.